The van der Waals surface area contributed by atoms with Crippen LogP contribution in [0.2, 0.25) is 0 Å². The van der Waals surface area contributed by atoms with Gasteiger partial charge in [0.05, 0.1) is 17.9 Å². The van der Waals surface area contributed by atoms with Gasteiger partial charge in [0.15, 0.2) is 0 Å². The summed E-state index contributed by atoms with van der Waals surface area (Å²) in [5.41, 5.74) is -2.44. The molecular weight excluding hydrogens is 235 g/mol. The van der Waals surface area contributed by atoms with Crippen LogP contribution >= 0.6 is 5.69 Å². The van der Waals surface area contributed by atoms with Crippen molar-refractivity contribution in [1.82, 2.24) is 0 Å². The quantitative estimate of drug-likeness (QED) is 0.532. The molecule has 0 rings (SSSR count). The molecule has 0 aliphatic carbocycles. The van der Waals surface area contributed by atoms with Crippen LogP contribution in [0.5, 0.6) is 0 Å². The zero-order chi connectivity index (χ0) is 11.4. The summed E-state index contributed by atoms with van der Waals surface area (Å²) in [5.74, 6) is 0.592. The fourth-order valence-corrected chi connectivity index (χ4v) is 4.22. The van der Waals surface area contributed by atoms with E-state index in [9.17, 15) is 0 Å². The first-order valence-electron chi connectivity index (χ1n) is 4.90. The zero-order valence-electron chi connectivity index (χ0n) is 9.52. The third kappa shape index (κ3) is 8.25. The summed E-state index contributed by atoms with van der Waals surface area (Å²) in [4.78, 5) is 0. The van der Waals surface area contributed by atoms with E-state index in [1.54, 1.807) is 0 Å². The lowest BCUT2D eigenvalue weighted by molar-refractivity contribution is 0.161. The van der Waals surface area contributed by atoms with E-state index in [4.69, 9.17) is 33.1 Å². The van der Waals surface area contributed by atoms with Gasteiger partial charge in [-0.2, -0.15) is 0 Å². The lowest BCUT2D eigenvalue weighted by Gasteiger charge is -2.33. The SMILES string of the molecule is CC(C)CC(C)OP(=S)([S-])OC(C)C. The Labute approximate surface area is 98.1 Å². The van der Waals surface area contributed by atoms with Gasteiger partial charge in [0.2, 0.25) is 0 Å². The van der Waals surface area contributed by atoms with Crippen molar-refractivity contribution >= 4 is 29.7 Å². The Morgan fingerprint density at radius 1 is 1.14 bits per heavy atom. The molecule has 0 aromatic rings. The molecule has 2 atom stereocenters. The second-order valence-electron chi connectivity index (χ2n) is 4.15. The fraction of sp³-hybridized carbons (Fsp3) is 1.00. The molecule has 2 nitrogen and oxygen atoms in total. The van der Waals surface area contributed by atoms with E-state index in [-0.39, 0.29) is 12.2 Å². The van der Waals surface area contributed by atoms with E-state index in [1.165, 1.54) is 0 Å². The molecule has 0 amide bonds. The van der Waals surface area contributed by atoms with Crippen molar-refractivity contribution in [1.29, 1.82) is 0 Å². The predicted octanol–water partition coefficient (Wildman–Crippen LogP) is 3.63. The molecule has 14 heavy (non-hydrogen) atoms. The molecule has 0 spiro atoms. The summed E-state index contributed by atoms with van der Waals surface area (Å²) in [6.07, 6.45) is 1.11. The monoisotopic (exact) mass is 255 g/mol. The topological polar surface area (TPSA) is 18.5 Å². The van der Waals surface area contributed by atoms with Crippen LogP contribution in [0.3, 0.4) is 0 Å². The first-order chi connectivity index (χ1) is 6.23. The predicted molar refractivity (Wildman–Crippen MR) is 67.9 cm³/mol. The molecule has 0 radical (unpaired) electrons. The summed E-state index contributed by atoms with van der Waals surface area (Å²) in [7, 11) is 0. The highest BCUT2D eigenvalue weighted by atomic mass is 32.9. The van der Waals surface area contributed by atoms with Crippen LogP contribution in [0.4, 0.5) is 0 Å². The van der Waals surface area contributed by atoms with Crippen LogP contribution in [0, 0.1) is 5.92 Å². The standard InChI is InChI=1S/C9H21O2PS2/c1-7(2)6-9(5)11-12(13,14)10-8(3)4/h7-9H,6H2,1-5H3,(H,13,14)/p-1. The second kappa shape index (κ2) is 6.49. The first-order valence-corrected chi connectivity index (χ1v) is 8.56. The van der Waals surface area contributed by atoms with Crippen LogP contribution in [0.25, 0.3) is 0 Å². The summed E-state index contributed by atoms with van der Waals surface area (Å²) >= 11 is 10.3. The van der Waals surface area contributed by atoms with Gasteiger partial charge in [-0.1, -0.05) is 25.7 Å². The second-order valence-corrected chi connectivity index (χ2v) is 9.04. The van der Waals surface area contributed by atoms with Crippen LogP contribution in [0.15, 0.2) is 0 Å². The molecule has 0 aromatic heterocycles. The Kier molecular flexibility index (Phi) is 6.92. The smallest absolute Gasteiger partial charge is 0.0606 e. The molecule has 0 N–H and O–H groups in total. The summed E-state index contributed by atoms with van der Waals surface area (Å²) in [6, 6.07) is 0. The normalized spacial score (nSPS) is 18.6. The third-order valence-electron chi connectivity index (χ3n) is 1.45. The molecule has 0 bridgehead atoms. The van der Waals surface area contributed by atoms with E-state index in [0.717, 1.165) is 6.42 Å². The van der Waals surface area contributed by atoms with Gasteiger partial charge >= 0.3 is 0 Å². The first kappa shape index (κ1) is 14.9. The van der Waals surface area contributed by atoms with Gasteiger partial charge in [-0.25, -0.2) is 0 Å². The third-order valence-corrected chi connectivity index (χ3v) is 3.78. The van der Waals surface area contributed by atoms with Crippen molar-refractivity contribution in [3.05, 3.63) is 0 Å². The highest BCUT2D eigenvalue weighted by Gasteiger charge is 2.11. The highest BCUT2D eigenvalue weighted by molar-refractivity contribution is 8.51. The molecule has 0 aliphatic heterocycles. The minimum absolute atomic E-state index is 0.0459. The number of hydrogen-bond donors (Lipinski definition) is 0. The van der Waals surface area contributed by atoms with Gasteiger partial charge in [0.1, 0.15) is 0 Å². The maximum atomic E-state index is 5.58. The molecule has 0 saturated heterocycles. The lowest BCUT2D eigenvalue weighted by Crippen LogP contribution is -2.11. The summed E-state index contributed by atoms with van der Waals surface area (Å²) in [5, 5.41) is 0. The number of rotatable bonds is 6. The molecule has 0 fully saturated rings. The van der Waals surface area contributed by atoms with Gasteiger partial charge in [-0.3, -0.25) is 0 Å². The highest BCUT2D eigenvalue weighted by Crippen LogP contribution is 2.48. The Morgan fingerprint density at radius 2 is 1.64 bits per heavy atom. The van der Waals surface area contributed by atoms with E-state index in [1.807, 2.05) is 20.8 Å². The molecule has 2 unspecified atom stereocenters. The van der Waals surface area contributed by atoms with Gasteiger partial charge in [-0.15, -0.1) is 0 Å². The van der Waals surface area contributed by atoms with Crippen molar-refractivity contribution in [3.63, 3.8) is 0 Å². The molecule has 0 heterocycles. The molecule has 5 heteroatoms. The Balaban J connectivity index is 4.02. The molecule has 86 valence electrons. The molecule has 0 aromatic carbocycles. The van der Waals surface area contributed by atoms with Crippen molar-refractivity contribution in [2.45, 2.75) is 53.2 Å². The summed E-state index contributed by atoms with van der Waals surface area (Å²) in [6.45, 7) is 10.1. The molecule has 0 saturated carbocycles. The van der Waals surface area contributed by atoms with E-state index >= 15 is 0 Å². The van der Waals surface area contributed by atoms with Gasteiger partial charge in [0.25, 0.3) is 0 Å². The van der Waals surface area contributed by atoms with Gasteiger partial charge < -0.3 is 21.3 Å². The Bertz CT molecular complexity index is 207. The van der Waals surface area contributed by atoms with E-state index in [2.05, 4.69) is 13.8 Å². The van der Waals surface area contributed by atoms with E-state index < -0.39 is 5.69 Å². The van der Waals surface area contributed by atoms with Gasteiger partial charge in [0, 0.05) is 0 Å². The molecular formula is C9H20O2PS2-. The molecule has 0 aliphatic rings. The van der Waals surface area contributed by atoms with Crippen molar-refractivity contribution in [3.8, 4) is 0 Å². The van der Waals surface area contributed by atoms with Crippen LogP contribution in [0.1, 0.15) is 41.0 Å². The lowest BCUT2D eigenvalue weighted by atomic mass is 10.1. The van der Waals surface area contributed by atoms with Crippen LogP contribution in [-0.2, 0) is 33.1 Å². The van der Waals surface area contributed by atoms with E-state index in [0.29, 0.717) is 5.92 Å². The average Bonchev–Trinajstić information content (AvgIpc) is 1.77. The fourth-order valence-electron chi connectivity index (χ4n) is 1.21. The Hall–Kier alpha value is 0.920. The van der Waals surface area contributed by atoms with Crippen LogP contribution in [-0.4, -0.2) is 12.2 Å². The zero-order valence-corrected chi connectivity index (χ0v) is 12.0. The number of hydrogen-bond acceptors (Lipinski definition) is 4. The van der Waals surface area contributed by atoms with Crippen molar-refractivity contribution in [2.75, 3.05) is 0 Å². The minimum atomic E-state index is -2.44. The van der Waals surface area contributed by atoms with Crippen LogP contribution < -0.4 is 0 Å². The van der Waals surface area contributed by atoms with Gasteiger partial charge in [-0.05, 0) is 33.1 Å². The van der Waals surface area contributed by atoms with Crippen molar-refractivity contribution in [2.24, 2.45) is 5.92 Å². The maximum absolute atomic E-state index is 5.58. The van der Waals surface area contributed by atoms with Crippen molar-refractivity contribution < 1.29 is 9.05 Å². The largest absolute Gasteiger partial charge is 0.691 e. The minimum Gasteiger partial charge on any atom is -0.691 e. The Morgan fingerprint density at radius 3 is 2.00 bits per heavy atom. The maximum Gasteiger partial charge on any atom is 0.0606 e. The average molecular weight is 255 g/mol. The summed E-state index contributed by atoms with van der Waals surface area (Å²) < 4.78 is 11.0.